The van der Waals surface area contributed by atoms with Crippen LogP contribution in [-0.4, -0.2) is 39.4 Å². The van der Waals surface area contributed by atoms with Crippen LogP contribution in [0.3, 0.4) is 0 Å². The smallest absolute Gasteiger partial charge is 0.225 e. The fourth-order valence-electron chi connectivity index (χ4n) is 3.73. The zero-order chi connectivity index (χ0) is 19.2. The van der Waals surface area contributed by atoms with Crippen LogP contribution in [0.2, 0.25) is 5.02 Å². The van der Waals surface area contributed by atoms with Gasteiger partial charge in [0.1, 0.15) is 0 Å². The molecule has 1 aromatic carbocycles. The van der Waals surface area contributed by atoms with Gasteiger partial charge in [-0.2, -0.15) is 0 Å². The van der Waals surface area contributed by atoms with Gasteiger partial charge in [-0.05, 0) is 37.5 Å². The minimum atomic E-state index is -0.274. The molecule has 2 aromatic rings. The van der Waals surface area contributed by atoms with Crippen LogP contribution in [0.1, 0.15) is 37.8 Å². The molecule has 1 aromatic heterocycles. The second-order valence-electron chi connectivity index (χ2n) is 6.77. The number of nitrogens with zero attached hydrogens (tertiary/aromatic N) is 3. The quantitative estimate of drug-likeness (QED) is 0.741. The Bertz CT molecular complexity index is 778. The lowest BCUT2D eigenvalue weighted by Crippen LogP contribution is -2.48. The summed E-state index contributed by atoms with van der Waals surface area (Å²) in [6.07, 6.45) is 7.20. The number of likely N-dealkylation sites (tertiary alicyclic amines) is 1. The number of carbonyl (C=O) groups excluding carboxylic acids is 2. The van der Waals surface area contributed by atoms with Crippen LogP contribution in [0.15, 0.2) is 43.0 Å². The van der Waals surface area contributed by atoms with Crippen molar-refractivity contribution < 1.29 is 9.59 Å². The number of carbonyl (C=O) groups is 2. The number of hydrogen-bond acceptors (Lipinski definition) is 3. The van der Waals surface area contributed by atoms with Crippen molar-refractivity contribution in [2.75, 3.05) is 13.1 Å². The average molecular weight is 389 g/mol. The number of aryl methyl sites for hydroxylation is 1. The van der Waals surface area contributed by atoms with Crippen LogP contribution in [0.25, 0.3) is 0 Å². The van der Waals surface area contributed by atoms with Gasteiger partial charge in [-0.15, -0.1) is 0 Å². The molecule has 0 bridgehead atoms. The highest BCUT2D eigenvalue weighted by Crippen LogP contribution is 2.37. The van der Waals surface area contributed by atoms with Gasteiger partial charge < -0.3 is 14.8 Å². The van der Waals surface area contributed by atoms with Gasteiger partial charge in [0.05, 0.1) is 18.3 Å². The molecule has 2 amide bonds. The number of hydrogen-bond donors (Lipinski definition) is 1. The summed E-state index contributed by atoms with van der Waals surface area (Å²) in [4.78, 5) is 31.1. The van der Waals surface area contributed by atoms with E-state index in [0.29, 0.717) is 31.0 Å². The van der Waals surface area contributed by atoms with Gasteiger partial charge in [-0.1, -0.05) is 23.7 Å². The van der Waals surface area contributed by atoms with Gasteiger partial charge in [0, 0.05) is 43.5 Å². The van der Waals surface area contributed by atoms with E-state index in [2.05, 4.69) is 10.3 Å². The number of imidazole rings is 1. The van der Waals surface area contributed by atoms with Crippen LogP contribution < -0.4 is 5.32 Å². The molecule has 27 heavy (non-hydrogen) atoms. The number of halogens is 1. The zero-order valence-electron chi connectivity index (χ0n) is 15.5. The predicted molar refractivity (Wildman–Crippen MR) is 104 cm³/mol. The Balaban J connectivity index is 1.68. The maximum Gasteiger partial charge on any atom is 0.225 e. The summed E-state index contributed by atoms with van der Waals surface area (Å²) in [5.41, 5.74) is 0.913. The second-order valence-corrected chi connectivity index (χ2v) is 7.21. The molecular weight excluding hydrogens is 364 g/mol. The van der Waals surface area contributed by atoms with Crippen LogP contribution in [-0.2, 0) is 16.1 Å². The largest absolute Gasteiger partial charge is 0.356 e. The molecule has 2 atom stereocenters. The summed E-state index contributed by atoms with van der Waals surface area (Å²) in [6, 6.07) is 7.19. The van der Waals surface area contributed by atoms with Crippen molar-refractivity contribution >= 4 is 23.4 Å². The molecule has 0 saturated carbocycles. The van der Waals surface area contributed by atoms with Crippen molar-refractivity contribution in [3.05, 3.63) is 53.6 Å². The minimum Gasteiger partial charge on any atom is -0.356 e. The van der Waals surface area contributed by atoms with Gasteiger partial charge in [0.2, 0.25) is 11.8 Å². The average Bonchev–Trinajstić information content (AvgIpc) is 3.18. The van der Waals surface area contributed by atoms with Gasteiger partial charge in [0.15, 0.2) is 0 Å². The molecule has 1 N–H and O–H groups in total. The number of benzene rings is 1. The van der Waals surface area contributed by atoms with E-state index >= 15 is 0 Å². The lowest BCUT2D eigenvalue weighted by atomic mass is 9.83. The number of piperidine rings is 1. The molecule has 1 saturated heterocycles. The Labute approximate surface area is 164 Å². The van der Waals surface area contributed by atoms with E-state index in [1.54, 1.807) is 23.5 Å². The zero-order valence-corrected chi connectivity index (χ0v) is 16.2. The van der Waals surface area contributed by atoms with Crippen molar-refractivity contribution in [3.63, 3.8) is 0 Å². The normalized spacial score (nSPS) is 19.9. The highest BCUT2D eigenvalue weighted by atomic mass is 35.5. The summed E-state index contributed by atoms with van der Waals surface area (Å²) in [6.45, 7) is 3.92. The number of rotatable bonds is 7. The first kappa shape index (κ1) is 19.4. The Morgan fingerprint density at radius 2 is 2.26 bits per heavy atom. The van der Waals surface area contributed by atoms with Crippen molar-refractivity contribution in [1.29, 1.82) is 0 Å². The maximum absolute atomic E-state index is 12.9. The van der Waals surface area contributed by atoms with E-state index in [4.69, 9.17) is 11.6 Å². The van der Waals surface area contributed by atoms with E-state index in [0.717, 1.165) is 18.5 Å². The molecule has 1 aliphatic heterocycles. The molecule has 6 nitrogen and oxygen atoms in total. The molecule has 2 heterocycles. The molecule has 1 aliphatic rings. The predicted octanol–water partition coefficient (Wildman–Crippen LogP) is 3.04. The van der Waals surface area contributed by atoms with Crippen LogP contribution in [0, 0.1) is 5.92 Å². The Kier molecular flexibility index (Phi) is 6.50. The van der Waals surface area contributed by atoms with Crippen LogP contribution >= 0.6 is 11.6 Å². The van der Waals surface area contributed by atoms with E-state index in [1.165, 1.54) is 0 Å². The third-order valence-electron chi connectivity index (χ3n) is 5.03. The van der Waals surface area contributed by atoms with Crippen molar-refractivity contribution in [2.24, 2.45) is 5.92 Å². The Hall–Kier alpha value is -2.34. The fraction of sp³-hybridized carbons (Fsp3) is 0.450. The number of amides is 2. The monoisotopic (exact) mass is 388 g/mol. The molecular formula is C20H25ClN4O2. The highest BCUT2D eigenvalue weighted by molar-refractivity contribution is 6.30. The molecule has 0 spiro atoms. The molecule has 7 heteroatoms. The van der Waals surface area contributed by atoms with Gasteiger partial charge >= 0.3 is 0 Å². The van der Waals surface area contributed by atoms with Crippen LogP contribution in [0.4, 0.5) is 0 Å². The molecule has 144 valence electrons. The van der Waals surface area contributed by atoms with Crippen molar-refractivity contribution in [2.45, 2.75) is 38.8 Å². The summed E-state index contributed by atoms with van der Waals surface area (Å²) in [5.74, 6) is -0.183. The third kappa shape index (κ3) is 4.69. The number of aromatic nitrogens is 2. The van der Waals surface area contributed by atoms with Gasteiger partial charge in [-0.3, -0.25) is 9.59 Å². The SMILES string of the molecule is CCN1C(=O)CC[C@@H](C(=O)NCCCn2ccnc2)[C@@H]1c1cccc(Cl)c1. The maximum atomic E-state index is 12.9. The lowest BCUT2D eigenvalue weighted by molar-refractivity contribution is -0.143. The van der Waals surface area contributed by atoms with Crippen LogP contribution in [0.5, 0.6) is 0 Å². The summed E-state index contributed by atoms with van der Waals surface area (Å²) in [7, 11) is 0. The van der Waals surface area contributed by atoms with Crippen molar-refractivity contribution in [1.82, 2.24) is 19.8 Å². The van der Waals surface area contributed by atoms with Gasteiger partial charge in [-0.25, -0.2) is 4.98 Å². The molecule has 3 rings (SSSR count). The number of nitrogens with one attached hydrogen (secondary N) is 1. The first-order chi connectivity index (χ1) is 13.1. The Morgan fingerprint density at radius 1 is 1.41 bits per heavy atom. The van der Waals surface area contributed by atoms with E-state index in [9.17, 15) is 9.59 Å². The second kappa shape index (κ2) is 9.04. The summed E-state index contributed by atoms with van der Waals surface area (Å²) >= 11 is 6.16. The third-order valence-corrected chi connectivity index (χ3v) is 5.26. The first-order valence-corrected chi connectivity index (χ1v) is 9.76. The highest BCUT2D eigenvalue weighted by Gasteiger charge is 2.39. The first-order valence-electron chi connectivity index (χ1n) is 9.38. The summed E-state index contributed by atoms with van der Waals surface area (Å²) in [5, 5.41) is 3.66. The van der Waals surface area contributed by atoms with E-state index in [1.807, 2.05) is 35.9 Å². The lowest BCUT2D eigenvalue weighted by Gasteiger charge is -2.40. The molecule has 0 aliphatic carbocycles. The summed E-state index contributed by atoms with van der Waals surface area (Å²) < 4.78 is 1.99. The molecule has 1 fully saturated rings. The van der Waals surface area contributed by atoms with E-state index < -0.39 is 0 Å². The van der Waals surface area contributed by atoms with Crippen molar-refractivity contribution in [3.8, 4) is 0 Å². The van der Waals surface area contributed by atoms with E-state index in [-0.39, 0.29) is 23.8 Å². The Morgan fingerprint density at radius 3 is 2.96 bits per heavy atom. The van der Waals surface area contributed by atoms with Gasteiger partial charge in [0.25, 0.3) is 0 Å². The molecule has 0 radical (unpaired) electrons. The molecule has 0 unspecified atom stereocenters. The standard InChI is InChI=1S/C20H25ClN4O2/c1-2-25-18(26)8-7-17(19(25)15-5-3-6-16(21)13-15)20(27)23-9-4-11-24-12-10-22-14-24/h3,5-6,10,12-14,17,19H,2,4,7-9,11H2,1H3,(H,23,27)/t17-,19+/m1/s1. The topological polar surface area (TPSA) is 67.2 Å². The fourth-order valence-corrected chi connectivity index (χ4v) is 3.93. The minimum absolute atomic E-state index is 0.00319.